The summed E-state index contributed by atoms with van der Waals surface area (Å²) < 4.78 is 5.09. The van der Waals surface area contributed by atoms with Gasteiger partial charge in [-0.25, -0.2) is 0 Å². The molecule has 2 rings (SSSR count). The van der Waals surface area contributed by atoms with Crippen LogP contribution < -0.4 is 4.74 Å². The van der Waals surface area contributed by atoms with Gasteiger partial charge in [0, 0.05) is 5.56 Å². The lowest BCUT2D eigenvalue weighted by atomic mass is 10.1. The summed E-state index contributed by atoms with van der Waals surface area (Å²) in [5.41, 5.74) is 1.52. The highest BCUT2D eigenvalue weighted by molar-refractivity contribution is 7.13. The molecule has 0 fully saturated rings. The summed E-state index contributed by atoms with van der Waals surface area (Å²) >= 11 is 7.46. The summed E-state index contributed by atoms with van der Waals surface area (Å²) in [7, 11) is 1.58. The van der Waals surface area contributed by atoms with Crippen molar-refractivity contribution in [2.75, 3.05) is 7.11 Å². The predicted octanol–water partition coefficient (Wildman–Crippen LogP) is 3.95. The summed E-state index contributed by atoms with van der Waals surface area (Å²) in [6.45, 7) is 1.89. The summed E-state index contributed by atoms with van der Waals surface area (Å²) in [6.07, 6.45) is 0. The molecular formula is C13H11ClO2S. The third-order valence-corrected chi connectivity index (χ3v) is 4.13. The largest absolute Gasteiger partial charge is 0.497 e. The van der Waals surface area contributed by atoms with E-state index in [1.807, 2.05) is 12.3 Å². The van der Waals surface area contributed by atoms with Crippen LogP contribution in [0.1, 0.15) is 20.8 Å². The van der Waals surface area contributed by atoms with Gasteiger partial charge in [-0.2, -0.15) is 0 Å². The Kier molecular flexibility index (Phi) is 3.50. The van der Waals surface area contributed by atoms with Crippen molar-refractivity contribution in [3.63, 3.8) is 0 Å². The highest BCUT2D eigenvalue weighted by Crippen LogP contribution is 2.29. The SMILES string of the molecule is COc1cccc(C(=O)c2scc(C)c2Cl)c1. The minimum absolute atomic E-state index is 0.0630. The van der Waals surface area contributed by atoms with Crippen LogP contribution in [0.4, 0.5) is 0 Å². The molecule has 0 amide bonds. The minimum Gasteiger partial charge on any atom is -0.497 e. The van der Waals surface area contributed by atoms with Crippen LogP contribution in [0.3, 0.4) is 0 Å². The average molecular weight is 267 g/mol. The number of thiophene rings is 1. The van der Waals surface area contributed by atoms with Gasteiger partial charge < -0.3 is 4.74 Å². The maximum Gasteiger partial charge on any atom is 0.204 e. The molecule has 0 unspecified atom stereocenters. The van der Waals surface area contributed by atoms with E-state index < -0.39 is 0 Å². The first-order valence-electron chi connectivity index (χ1n) is 5.06. The van der Waals surface area contributed by atoms with Gasteiger partial charge in [0.05, 0.1) is 17.0 Å². The molecule has 2 aromatic rings. The van der Waals surface area contributed by atoms with E-state index in [1.165, 1.54) is 11.3 Å². The molecule has 88 valence electrons. The van der Waals surface area contributed by atoms with Crippen LogP contribution in [0.25, 0.3) is 0 Å². The van der Waals surface area contributed by atoms with Gasteiger partial charge >= 0.3 is 0 Å². The first-order chi connectivity index (χ1) is 8.13. The minimum atomic E-state index is -0.0630. The van der Waals surface area contributed by atoms with E-state index >= 15 is 0 Å². The molecule has 0 bridgehead atoms. The number of methoxy groups -OCH3 is 1. The standard InChI is InChI=1S/C13H11ClO2S/c1-8-7-17-13(11(8)14)12(15)9-4-3-5-10(6-9)16-2/h3-7H,1-2H3. The first-order valence-corrected chi connectivity index (χ1v) is 6.31. The zero-order chi connectivity index (χ0) is 12.4. The van der Waals surface area contributed by atoms with Crippen molar-refractivity contribution in [2.24, 2.45) is 0 Å². The van der Waals surface area contributed by atoms with E-state index in [0.29, 0.717) is 21.2 Å². The number of carbonyl (C=O) groups is 1. The van der Waals surface area contributed by atoms with Crippen molar-refractivity contribution >= 4 is 28.7 Å². The van der Waals surface area contributed by atoms with Crippen molar-refractivity contribution in [1.82, 2.24) is 0 Å². The zero-order valence-electron chi connectivity index (χ0n) is 9.49. The second-order valence-corrected chi connectivity index (χ2v) is 4.88. The molecule has 1 aromatic carbocycles. The Morgan fingerprint density at radius 2 is 2.18 bits per heavy atom. The van der Waals surface area contributed by atoms with Crippen LogP contribution in [0.5, 0.6) is 5.75 Å². The number of carbonyl (C=O) groups excluding carboxylic acids is 1. The van der Waals surface area contributed by atoms with Crippen LogP contribution >= 0.6 is 22.9 Å². The molecule has 0 aliphatic rings. The number of aryl methyl sites for hydroxylation is 1. The van der Waals surface area contributed by atoms with Gasteiger partial charge in [0.15, 0.2) is 0 Å². The summed E-state index contributed by atoms with van der Waals surface area (Å²) in [6, 6.07) is 7.07. The Morgan fingerprint density at radius 3 is 2.76 bits per heavy atom. The fraction of sp³-hybridized carbons (Fsp3) is 0.154. The van der Waals surface area contributed by atoms with Gasteiger partial charge in [-0.15, -0.1) is 11.3 Å². The smallest absolute Gasteiger partial charge is 0.204 e. The Bertz CT molecular complexity index is 560. The quantitative estimate of drug-likeness (QED) is 0.787. The van der Waals surface area contributed by atoms with Gasteiger partial charge in [0.25, 0.3) is 0 Å². The molecule has 4 heteroatoms. The van der Waals surface area contributed by atoms with Crippen LogP contribution in [0.15, 0.2) is 29.6 Å². The molecule has 2 nitrogen and oxygen atoms in total. The fourth-order valence-electron chi connectivity index (χ4n) is 1.48. The van der Waals surface area contributed by atoms with E-state index in [2.05, 4.69) is 0 Å². The molecule has 0 atom stereocenters. The van der Waals surface area contributed by atoms with Crippen molar-refractivity contribution in [3.05, 3.63) is 50.7 Å². The Hall–Kier alpha value is -1.32. The van der Waals surface area contributed by atoms with Gasteiger partial charge in [-0.1, -0.05) is 23.7 Å². The molecule has 1 aromatic heterocycles. The van der Waals surface area contributed by atoms with Crippen molar-refractivity contribution in [3.8, 4) is 5.75 Å². The lowest BCUT2D eigenvalue weighted by molar-refractivity contribution is 0.104. The Morgan fingerprint density at radius 1 is 1.41 bits per heavy atom. The molecule has 0 aliphatic carbocycles. The summed E-state index contributed by atoms with van der Waals surface area (Å²) in [4.78, 5) is 12.8. The highest BCUT2D eigenvalue weighted by Gasteiger charge is 2.16. The lowest BCUT2D eigenvalue weighted by Crippen LogP contribution is -1.99. The number of ketones is 1. The third-order valence-electron chi connectivity index (χ3n) is 2.44. The predicted molar refractivity (Wildman–Crippen MR) is 70.5 cm³/mol. The van der Waals surface area contributed by atoms with Gasteiger partial charge in [-0.05, 0) is 30.0 Å². The lowest BCUT2D eigenvalue weighted by Gasteiger charge is -2.03. The maximum atomic E-state index is 12.2. The van der Waals surface area contributed by atoms with E-state index in [9.17, 15) is 4.79 Å². The number of benzene rings is 1. The zero-order valence-corrected chi connectivity index (χ0v) is 11.1. The van der Waals surface area contributed by atoms with E-state index in [4.69, 9.17) is 16.3 Å². The van der Waals surface area contributed by atoms with Crippen molar-refractivity contribution in [2.45, 2.75) is 6.92 Å². The summed E-state index contributed by atoms with van der Waals surface area (Å²) in [5.74, 6) is 0.604. The number of hydrogen-bond acceptors (Lipinski definition) is 3. The number of rotatable bonds is 3. The fourth-order valence-corrected chi connectivity index (χ4v) is 2.72. The van der Waals surface area contributed by atoms with Crippen LogP contribution in [-0.4, -0.2) is 12.9 Å². The number of ether oxygens (including phenoxy) is 1. The van der Waals surface area contributed by atoms with Crippen LogP contribution in [-0.2, 0) is 0 Å². The van der Waals surface area contributed by atoms with Crippen molar-refractivity contribution < 1.29 is 9.53 Å². The number of hydrogen-bond donors (Lipinski definition) is 0. The van der Waals surface area contributed by atoms with Crippen LogP contribution in [0.2, 0.25) is 5.02 Å². The average Bonchev–Trinajstić information content (AvgIpc) is 2.69. The number of halogens is 1. The Labute approximate surface area is 109 Å². The molecule has 0 saturated carbocycles. The van der Waals surface area contributed by atoms with E-state index in [1.54, 1.807) is 31.4 Å². The van der Waals surface area contributed by atoms with Gasteiger partial charge in [-0.3, -0.25) is 4.79 Å². The molecule has 0 N–H and O–H groups in total. The Balaban J connectivity index is 2.40. The van der Waals surface area contributed by atoms with Gasteiger partial charge in [0.1, 0.15) is 5.75 Å². The molecule has 0 radical (unpaired) electrons. The molecular weight excluding hydrogens is 256 g/mol. The van der Waals surface area contributed by atoms with E-state index in [0.717, 1.165) is 5.56 Å². The molecule has 0 spiro atoms. The summed E-state index contributed by atoms with van der Waals surface area (Å²) in [5, 5.41) is 2.43. The first kappa shape index (κ1) is 12.1. The van der Waals surface area contributed by atoms with E-state index in [-0.39, 0.29) is 5.78 Å². The van der Waals surface area contributed by atoms with Crippen molar-refractivity contribution in [1.29, 1.82) is 0 Å². The molecule has 17 heavy (non-hydrogen) atoms. The third kappa shape index (κ3) is 2.35. The molecule has 0 aliphatic heterocycles. The van der Waals surface area contributed by atoms with Crippen LogP contribution in [0, 0.1) is 6.92 Å². The topological polar surface area (TPSA) is 26.3 Å². The second-order valence-electron chi connectivity index (χ2n) is 3.62. The second kappa shape index (κ2) is 4.90. The highest BCUT2D eigenvalue weighted by atomic mass is 35.5. The maximum absolute atomic E-state index is 12.2. The molecule has 0 saturated heterocycles. The molecule has 1 heterocycles. The monoisotopic (exact) mass is 266 g/mol. The normalized spacial score (nSPS) is 10.3. The van der Waals surface area contributed by atoms with Gasteiger partial charge in [0.2, 0.25) is 5.78 Å².